The number of hydrogen-bond donors (Lipinski definition) is 1. The van der Waals surface area contributed by atoms with E-state index in [4.69, 9.17) is 44.3 Å². The van der Waals surface area contributed by atoms with Crippen LogP contribution in [0.15, 0.2) is 78.4 Å². The van der Waals surface area contributed by atoms with Crippen molar-refractivity contribution in [2.24, 2.45) is 0 Å². The van der Waals surface area contributed by atoms with Crippen molar-refractivity contribution in [2.75, 3.05) is 11.5 Å². The third-order valence-electron chi connectivity index (χ3n) is 6.16. The second kappa shape index (κ2) is 11.6. The van der Waals surface area contributed by atoms with Crippen molar-refractivity contribution in [1.82, 2.24) is 5.32 Å². The van der Waals surface area contributed by atoms with Crippen molar-refractivity contribution in [3.63, 3.8) is 0 Å². The standard InChI is InChI=1S/C30H21Cl3N2O5/c1-2-39-26-14-17(13-25(33)27(26)40-16-19-8-5-7-18-6-3-4-9-21(18)19)12-22-28(36)34-30(38)35(29(22)37)20-10-11-23(31)24(32)15-20/h3-15H,2,16H2,1H3,(H,34,36,38)/b22-12+. The van der Waals surface area contributed by atoms with Crippen LogP contribution < -0.4 is 19.7 Å². The zero-order valence-electron chi connectivity index (χ0n) is 21.0. The number of imide groups is 2. The lowest BCUT2D eigenvalue weighted by Crippen LogP contribution is -2.54. The molecule has 4 aromatic rings. The number of urea groups is 1. The van der Waals surface area contributed by atoms with Crippen molar-refractivity contribution in [2.45, 2.75) is 13.5 Å². The van der Waals surface area contributed by atoms with Gasteiger partial charge in [-0.2, -0.15) is 0 Å². The van der Waals surface area contributed by atoms with Crippen LogP contribution >= 0.6 is 34.8 Å². The molecule has 4 amide bonds. The van der Waals surface area contributed by atoms with Gasteiger partial charge >= 0.3 is 6.03 Å². The number of halogens is 3. The minimum absolute atomic E-state index is 0.148. The predicted octanol–water partition coefficient (Wildman–Crippen LogP) is 7.44. The lowest BCUT2D eigenvalue weighted by Gasteiger charge is -2.26. The highest BCUT2D eigenvalue weighted by Crippen LogP contribution is 2.38. The Hall–Kier alpha value is -4.04. The van der Waals surface area contributed by atoms with Crippen LogP contribution in [0.1, 0.15) is 18.1 Å². The molecule has 0 radical (unpaired) electrons. The van der Waals surface area contributed by atoms with Crippen molar-refractivity contribution in [3.8, 4) is 11.5 Å². The number of barbiturate groups is 1. The molecule has 0 aromatic heterocycles. The van der Waals surface area contributed by atoms with Crippen LogP contribution in [-0.4, -0.2) is 24.5 Å². The maximum Gasteiger partial charge on any atom is 0.335 e. The molecular formula is C30H21Cl3N2O5. The second-order valence-electron chi connectivity index (χ2n) is 8.75. The van der Waals surface area contributed by atoms with Gasteiger partial charge in [0.2, 0.25) is 0 Å². The Labute approximate surface area is 244 Å². The number of nitrogens with zero attached hydrogens (tertiary/aromatic N) is 1. The highest BCUT2D eigenvalue weighted by Gasteiger charge is 2.37. The molecule has 10 heteroatoms. The summed E-state index contributed by atoms with van der Waals surface area (Å²) < 4.78 is 11.9. The van der Waals surface area contributed by atoms with Crippen LogP contribution in [0.2, 0.25) is 15.1 Å². The number of carbonyl (C=O) groups is 3. The molecule has 0 saturated carbocycles. The van der Waals surface area contributed by atoms with E-state index in [1.165, 1.54) is 24.3 Å². The zero-order chi connectivity index (χ0) is 28.4. The average Bonchev–Trinajstić information content (AvgIpc) is 2.92. The van der Waals surface area contributed by atoms with Gasteiger partial charge in [0.05, 0.1) is 27.4 Å². The molecule has 1 aliphatic heterocycles. The van der Waals surface area contributed by atoms with Crippen LogP contribution in [0.25, 0.3) is 16.8 Å². The van der Waals surface area contributed by atoms with Gasteiger partial charge in [0.15, 0.2) is 11.5 Å². The number of rotatable bonds is 7. The molecular weight excluding hydrogens is 575 g/mol. The molecule has 7 nitrogen and oxygen atoms in total. The maximum atomic E-state index is 13.3. The molecule has 0 spiro atoms. The third kappa shape index (κ3) is 5.49. The van der Waals surface area contributed by atoms with Crippen molar-refractivity contribution < 1.29 is 23.9 Å². The topological polar surface area (TPSA) is 84.9 Å². The number of anilines is 1. The highest BCUT2D eigenvalue weighted by atomic mass is 35.5. The molecule has 0 unspecified atom stereocenters. The van der Waals surface area contributed by atoms with Crippen LogP contribution in [-0.2, 0) is 16.2 Å². The van der Waals surface area contributed by atoms with Crippen LogP contribution in [0.4, 0.5) is 10.5 Å². The smallest absolute Gasteiger partial charge is 0.335 e. The number of benzene rings is 4. The summed E-state index contributed by atoms with van der Waals surface area (Å²) in [6.07, 6.45) is 1.33. The number of nitrogens with one attached hydrogen (secondary N) is 1. The van der Waals surface area contributed by atoms with E-state index in [1.54, 1.807) is 12.1 Å². The summed E-state index contributed by atoms with van der Waals surface area (Å²) >= 11 is 18.7. The van der Waals surface area contributed by atoms with E-state index in [0.717, 1.165) is 21.2 Å². The number of amides is 4. The Morgan fingerprint density at radius 3 is 2.40 bits per heavy atom. The summed E-state index contributed by atoms with van der Waals surface area (Å²) in [6.45, 7) is 2.37. The molecule has 1 N–H and O–H groups in total. The van der Waals surface area contributed by atoms with Gasteiger partial charge in [-0.15, -0.1) is 0 Å². The normalized spacial score (nSPS) is 14.6. The number of carbonyl (C=O) groups excluding carboxylic acids is 3. The van der Waals surface area contributed by atoms with Gasteiger partial charge in [-0.05, 0) is 65.2 Å². The van der Waals surface area contributed by atoms with Crippen molar-refractivity contribution >= 4 is 75.2 Å². The number of hydrogen-bond acceptors (Lipinski definition) is 5. The zero-order valence-corrected chi connectivity index (χ0v) is 23.3. The first kappa shape index (κ1) is 27.5. The van der Waals surface area contributed by atoms with Gasteiger partial charge < -0.3 is 9.47 Å². The minimum atomic E-state index is -0.907. The molecule has 202 valence electrons. The molecule has 40 heavy (non-hydrogen) atoms. The van der Waals surface area contributed by atoms with Gasteiger partial charge in [-0.1, -0.05) is 77.3 Å². The first-order valence-corrected chi connectivity index (χ1v) is 13.3. The monoisotopic (exact) mass is 594 g/mol. The van der Waals surface area contributed by atoms with Gasteiger partial charge in [0.25, 0.3) is 11.8 Å². The van der Waals surface area contributed by atoms with E-state index < -0.39 is 17.8 Å². The quantitative estimate of drug-likeness (QED) is 0.177. The summed E-state index contributed by atoms with van der Waals surface area (Å²) in [5.74, 6) is -1.03. The third-order valence-corrected chi connectivity index (χ3v) is 7.18. The van der Waals surface area contributed by atoms with Crippen molar-refractivity contribution in [3.05, 3.63) is 105 Å². The van der Waals surface area contributed by atoms with E-state index in [1.807, 2.05) is 49.4 Å². The molecule has 1 saturated heterocycles. The van der Waals surface area contributed by atoms with Gasteiger partial charge in [0, 0.05) is 0 Å². The molecule has 0 atom stereocenters. The molecule has 5 rings (SSSR count). The highest BCUT2D eigenvalue weighted by molar-refractivity contribution is 6.43. The minimum Gasteiger partial charge on any atom is -0.490 e. The Kier molecular flexibility index (Phi) is 7.98. The Morgan fingerprint density at radius 2 is 1.62 bits per heavy atom. The number of fused-ring (bicyclic) bond motifs is 1. The molecule has 1 aliphatic rings. The van der Waals surface area contributed by atoms with Crippen molar-refractivity contribution in [1.29, 1.82) is 0 Å². The van der Waals surface area contributed by atoms with Gasteiger partial charge in [0.1, 0.15) is 12.2 Å². The molecule has 1 fully saturated rings. The summed E-state index contributed by atoms with van der Waals surface area (Å²) in [4.78, 5) is 39.3. The fraction of sp³-hybridized carbons (Fsp3) is 0.100. The number of ether oxygens (including phenoxy) is 2. The van der Waals surface area contributed by atoms with E-state index in [-0.39, 0.29) is 32.9 Å². The van der Waals surface area contributed by atoms with E-state index in [0.29, 0.717) is 23.7 Å². The largest absolute Gasteiger partial charge is 0.490 e. The van der Waals surface area contributed by atoms with E-state index in [2.05, 4.69) is 5.32 Å². The molecule has 0 bridgehead atoms. The first-order chi connectivity index (χ1) is 19.3. The van der Waals surface area contributed by atoms with E-state index >= 15 is 0 Å². The first-order valence-electron chi connectivity index (χ1n) is 12.2. The Balaban J connectivity index is 1.47. The predicted molar refractivity (Wildman–Crippen MR) is 156 cm³/mol. The van der Waals surface area contributed by atoms with Gasteiger partial charge in [-0.3, -0.25) is 14.9 Å². The summed E-state index contributed by atoms with van der Waals surface area (Å²) in [7, 11) is 0. The SMILES string of the molecule is CCOc1cc(/C=C2\C(=O)NC(=O)N(c3ccc(Cl)c(Cl)c3)C2=O)cc(Cl)c1OCc1cccc2ccccc12. The molecule has 1 heterocycles. The second-order valence-corrected chi connectivity index (χ2v) is 9.97. The lowest BCUT2D eigenvalue weighted by molar-refractivity contribution is -0.122. The maximum absolute atomic E-state index is 13.3. The Bertz CT molecular complexity index is 1700. The lowest BCUT2D eigenvalue weighted by atomic mass is 10.1. The Morgan fingerprint density at radius 1 is 0.850 bits per heavy atom. The molecule has 4 aromatic carbocycles. The fourth-order valence-electron chi connectivity index (χ4n) is 4.33. The van der Waals surface area contributed by atoms with E-state index in [9.17, 15) is 14.4 Å². The average molecular weight is 596 g/mol. The summed E-state index contributed by atoms with van der Waals surface area (Å²) in [6, 6.07) is 20.5. The van der Waals surface area contributed by atoms with Crippen LogP contribution in [0.3, 0.4) is 0 Å². The summed E-state index contributed by atoms with van der Waals surface area (Å²) in [5.41, 5.74) is 1.24. The van der Waals surface area contributed by atoms with Crippen LogP contribution in [0.5, 0.6) is 11.5 Å². The van der Waals surface area contributed by atoms with Crippen LogP contribution in [0, 0.1) is 0 Å². The fourth-order valence-corrected chi connectivity index (χ4v) is 4.89. The van der Waals surface area contributed by atoms with Gasteiger partial charge in [-0.25, -0.2) is 9.69 Å². The summed E-state index contributed by atoms with van der Waals surface area (Å²) in [5, 5.41) is 4.94. The molecule has 0 aliphatic carbocycles.